The molecule has 1 amide bonds. The molecule has 0 atom stereocenters. The summed E-state index contributed by atoms with van der Waals surface area (Å²) in [6.07, 6.45) is -4.65. The Hall–Kier alpha value is -3.17. The van der Waals surface area contributed by atoms with Crippen molar-refractivity contribution in [3.05, 3.63) is 57.5 Å². The van der Waals surface area contributed by atoms with Gasteiger partial charge in [0.25, 0.3) is 5.91 Å². The number of para-hydroxylation sites is 1. The summed E-state index contributed by atoms with van der Waals surface area (Å²) in [5.74, 6) is -1.76. The van der Waals surface area contributed by atoms with Crippen molar-refractivity contribution in [3.63, 3.8) is 0 Å². The van der Waals surface area contributed by atoms with Crippen molar-refractivity contribution < 1.29 is 27.5 Å². The number of hydrogen-bond donors (Lipinski definition) is 1. The van der Waals surface area contributed by atoms with Crippen LogP contribution in [0, 0.1) is 6.92 Å². The van der Waals surface area contributed by atoms with E-state index in [1.54, 1.807) is 0 Å². The van der Waals surface area contributed by atoms with E-state index in [-0.39, 0.29) is 11.4 Å². The van der Waals surface area contributed by atoms with Crippen molar-refractivity contribution in [2.45, 2.75) is 13.1 Å². The Morgan fingerprint density at radius 2 is 1.92 bits per heavy atom. The first kappa shape index (κ1) is 19.2. The Labute approximate surface area is 145 Å². The molecule has 0 saturated carbocycles. The molecule has 0 saturated heterocycles. The summed E-state index contributed by atoms with van der Waals surface area (Å²) in [7, 11) is 1.11. The molecule has 1 heterocycles. The van der Waals surface area contributed by atoms with Crippen LogP contribution in [0.3, 0.4) is 0 Å². The highest BCUT2D eigenvalue weighted by Crippen LogP contribution is 2.33. The average Bonchev–Trinajstić information content (AvgIpc) is 2.58. The quantitative estimate of drug-likeness (QED) is 0.824. The van der Waals surface area contributed by atoms with Gasteiger partial charge in [-0.25, -0.2) is 4.68 Å². The van der Waals surface area contributed by atoms with E-state index in [0.717, 1.165) is 23.9 Å². The van der Waals surface area contributed by atoms with E-state index in [2.05, 4.69) is 15.2 Å². The number of hydrogen-bond acceptors (Lipinski definition) is 5. The molecule has 0 aliphatic carbocycles. The van der Waals surface area contributed by atoms with Crippen LogP contribution < -0.4 is 10.7 Å². The molecule has 0 radical (unpaired) electrons. The van der Waals surface area contributed by atoms with Crippen LogP contribution in [0.2, 0.25) is 0 Å². The summed E-state index contributed by atoms with van der Waals surface area (Å²) >= 11 is 0. The maximum atomic E-state index is 13.2. The number of alkyl halides is 3. The standard InChI is InChI=1S/C16H14F3N3O4/c1-9-7-12(23)14(15(25)20-8-13(24)26-2)21-22(9)11-6-4-3-5-10(11)16(17,18)19/h3-7H,8H2,1-2H3,(H,20,25). The van der Waals surface area contributed by atoms with Crippen molar-refractivity contribution in [2.24, 2.45) is 0 Å². The monoisotopic (exact) mass is 369 g/mol. The SMILES string of the molecule is COC(=O)CNC(=O)c1nn(-c2ccccc2C(F)(F)F)c(C)cc1=O. The number of aryl methyl sites for hydroxylation is 1. The molecule has 0 spiro atoms. The van der Waals surface area contributed by atoms with E-state index < -0.39 is 41.3 Å². The van der Waals surface area contributed by atoms with E-state index >= 15 is 0 Å². The highest BCUT2D eigenvalue weighted by atomic mass is 19.4. The van der Waals surface area contributed by atoms with Gasteiger partial charge in [0.15, 0.2) is 5.69 Å². The zero-order valence-electron chi connectivity index (χ0n) is 13.8. The summed E-state index contributed by atoms with van der Waals surface area (Å²) < 4.78 is 44.9. The van der Waals surface area contributed by atoms with Crippen LogP contribution in [0.15, 0.2) is 35.1 Å². The van der Waals surface area contributed by atoms with Crippen LogP contribution in [0.4, 0.5) is 13.2 Å². The molecule has 10 heteroatoms. The van der Waals surface area contributed by atoms with Gasteiger partial charge in [0.05, 0.1) is 18.4 Å². The Bertz CT molecular complexity index is 906. The Morgan fingerprint density at radius 1 is 1.27 bits per heavy atom. The smallest absolute Gasteiger partial charge is 0.418 e. The van der Waals surface area contributed by atoms with Gasteiger partial charge in [-0.05, 0) is 19.1 Å². The molecule has 1 N–H and O–H groups in total. The normalized spacial score (nSPS) is 11.1. The molecule has 0 bridgehead atoms. The number of halogens is 3. The number of nitrogens with zero attached hydrogens (tertiary/aromatic N) is 2. The van der Waals surface area contributed by atoms with Crippen molar-refractivity contribution in [1.82, 2.24) is 15.1 Å². The molecule has 1 aromatic heterocycles. The Balaban J connectivity index is 2.52. The van der Waals surface area contributed by atoms with E-state index in [9.17, 15) is 27.6 Å². The van der Waals surface area contributed by atoms with E-state index in [1.165, 1.54) is 25.1 Å². The van der Waals surface area contributed by atoms with E-state index in [0.29, 0.717) is 0 Å². The first-order chi connectivity index (χ1) is 12.1. The molecule has 7 nitrogen and oxygen atoms in total. The second kappa shape index (κ2) is 7.38. The summed E-state index contributed by atoms with van der Waals surface area (Å²) in [5.41, 5.74) is -2.63. The van der Waals surface area contributed by atoms with Crippen LogP contribution in [0.25, 0.3) is 5.69 Å². The average molecular weight is 369 g/mol. The summed E-state index contributed by atoms with van der Waals surface area (Å²) in [6.45, 7) is 0.876. The van der Waals surface area contributed by atoms with Crippen molar-refractivity contribution in [2.75, 3.05) is 13.7 Å². The largest absolute Gasteiger partial charge is 0.468 e. The fraction of sp³-hybridized carbons (Fsp3) is 0.250. The van der Waals surface area contributed by atoms with Gasteiger partial charge < -0.3 is 10.1 Å². The minimum Gasteiger partial charge on any atom is -0.468 e. The number of carbonyl (C=O) groups excluding carboxylic acids is 2. The number of ether oxygens (including phenoxy) is 1. The highest BCUT2D eigenvalue weighted by molar-refractivity contribution is 5.94. The zero-order valence-corrected chi connectivity index (χ0v) is 13.8. The number of rotatable bonds is 4. The van der Waals surface area contributed by atoms with Crippen molar-refractivity contribution in [1.29, 1.82) is 0 Å². The lowest BCUT2D eigenvalue weighted by molar-refractivity contribution is -0.139. The number of aromatic nitrogens is 2. The van der Waals surface area contributed by atoms with Crippen LogP contribution in [0.5, 0.6) is 0 Å². The molecule has 0 aliphatic heterocycles. The highest BCUT2D eigenvalue weighted by Gasteiger charge is 2.34. The van der Waals surface area contributed by atoms with Gasteiger partial charge in [-0.2, -0.15) is 18.3 Å². The maximum Gasteiger partial charge on any atom is 0.418 e. The number of nitrogens with one attached hydrogen (secondary N) is 1. The van der Waals surface area contributed by atoms with Gasteiger partial charge in [-0.15, -0.1) is 0 Å². The fourth-order valence-electron chi connectivity index (χ4n) is 2.15. The predicted molar refractivity (Wildman–Crippen MR) is 83.9 cm³/mol. The second-order valence-corrected chi connectivity index (χ2v) is 5.18. The third-order valence-corrected chi connectivity index (χ3v) is 3.38. The topological polar surface area (TPSA) is 90.3 Å². The van der Waals surface area contributed by atoms with Gasteiger partial charge >= 0.3 is 12.1 Å². The van der Waals surface area contributed by atoms with Gasteiger partial charge in [-0.1, -0.05) is 12.1 Å². The molecule has 138 valence electrons. The summed E-state index contributed by atoms with van der Waals surface area (Å²) in [6, 6.07) is 5.62. The third-order valence-electron chi connectivity index (χ3n) is 3.38. The molecule has 2 rings (SSSR count). The Kier molecular flexibility index (Phi) is 5.44. The lowest BCUT2D eigenvalue weighted by Crippen LogP contribution is -2.35. The molecule has 0 fully saturated rings. The van der Waals surface area contributed by atoms with Crippen LogP contribution >= 0.6 is 0 Å². The fourth-order valence-corrected chi connectivity index (χ4v) is 2.15. The van der Waals surface area contributed by atoms with Gasteiger partial charge in [0.2, 0.25) is 5.43 Å². The maximum absolute atomic E-state index is 13.2. The Morgan fingerprint density at radius 3 is 2.54 bits per heavy atom. The van der Waals surface area contributed by atoms with Gasteiger partial charge in [-0.3, -0.25) is 14.4 Å². The third kappa shape index (κ3) is 4.08. The first-order valence-electron chi connectivity index (χ1n) is 7.27. The first-order valence-corrected chi connectivity index (χ1v) is 7.27. The molecular formula is C16H14F3N3O4. The molecule has 0 aliphatic rings. The second-order valence-electron chi connectivity index (χ2n) is 5.18. The molecule has 26 heavy (non-hydrogen) atoms. The minimum atomic E-state index is -4.65. The lowest BCUT2D eigenvalue weighted by atomic mass is 10.1. The van der Waals surface area contributed by atoms with Gasteiger partial charge in [0.1, 0.15) is 6.54 Å². The number of amides is 1. The van der Waals surface area contributed by atoms with Crippen molar-refractivity contribution in [3.8, 4) is 5.69 Å². The van der Waals surface area contributed by atoms with Crippen LogP contribution in [-0.2, 0) is 15.7 Å². The number of esters is 1. The van der Waals surface area contributed by atoms with E-state index in [4.69, 9.17) is 0 Å². The number of methoxy groups -OCH3 is 1. The van der Waals surface area contributed by atoms with Gasteiger partial charge in [0, 0.05) is 11.8 Å². The van der Waals surface area contributed by atoms with Crippen LogP contribution in [0.1, 0.15) is 21.7 Å². The molecule has 1 aromatic carbocycles. The summed E-state index contributed by atoms with van der Waals surface area (Å²) in [5, 5.41) is 5.88. The van der Waals surface area contributed by atoms with Crippen LogP contribution in [-0.4, -0.2) is 35.3 Å². The van der Waals surface area contributed by atoms with Crippen molar-refractivity contribution >= 4 is 11.9 Å². The van der Waals surface area contributed by atoms with E-state index in [1.807, 2.05) is 0 Å². The predicted octanol–water partition coefficient (Wildman–Crippen LogP) is 1.46. The lowest BCUT2D eigenvalue weighted by Gasteiger charge is -2.16. The number of carbonyl (C=O) groups is 2. The molecular weight excluding hydrogens is 355 g/mol. The molecule has 2 aromatic rings. The number of benzene rings is 1. The summed E-state index contributed by atoms with van der Waals surface area (Å²) in [4.78, 5) is 35.1. The zero-order chi connectivity index (χ0) is 19.5. The molecule has 0 unspecified atom stereocenters. The minimum absolute atomic E-state index is 0.108.